The van der Waals surface area contributed by atoms with Crippen LogP contribution in [-0.4, -0.2) is 47.9 Å². The number of nitrogens with one attached hydrogen (secondary N) is 1. The summed E-state index contributed by atoms with van der Waals surface area (Å²) in [5.41, 5.74) is 2.31. The van der Waals surface area contributed by atoms with E-state index in [4.69, 9.17) is 9.72 Å². The van der Waals surface area contributed by atoms with Gasteiger partial charge in [0, 0.05) is 44.9 Å². The number of nitrogens with zero attached hydrogens (tertiary/aromatic N) is 3. The topological polar surface area (TPSA) is 62.0 Å². The van der Waals surface area contributed by atoms with Crippen LogP contribution in [0.1, 0.15) is 11.3 Å². The Morgan fingerprint density at radius 3 is 2.92 bits per heavy atom. The molecule has 2 N–H and O–H groups in total. The number of fused-ring (bicyclic) bond motifs is 1. The first-order valence-electron chi connectivity index (χ1n) is 8.37. The van der Waals surface area contributed by atoms with Gasteiger partial charge in [0.15, 0.2) is 10.8 Å². The lowest BCUT2D eigenvalue weighted by Gasteiger charge is -2.23. The molecule has 0 aliphatic heterocycles. The molecule has 0 aliphatic rings. The van der Waals surface area contributed by atoms with Crippen LogP contribution in [0.25, 0.3) is 4.96 Å². The first-order valence-corrected chi connectivity index (χ1v) is 9.25. The number of anilines is 1. The Hall–Kier alpha value is -1.93. The molecule has 6 nitrogen and oxygen atoms in total. The van der Waals surface area contributed by atoms with Crippen molar-refractivity contribution in [2.24, 2.45) is 0 Å². The minimum Gasteiger partial charge on any atom is -0.395 e. The van der Waals surface area contributed by atoms with Crippen LogP contribution in [0.15, 0.2) is 41.9 Å². The van der Waals surface area contributed by atoms with Gasteiger partial charge in [-0.1, -0.05) is 30.3 Å². The van der Waals surface area contributed by atoms with Gasteiger partial charge < -0.3 is 20.1 Å². The summed E-state index contributed by atoms with van der Waals surface area (Å²) in [5.74, 6) is 0.926. The molecule has 0 saturated heterocycles. The number of rotatable bonds is 10. The van der Waals surface area contributed by atoms with E-state index in [0.717, 1.165) is 29.6 Å². The number of aliphatic hydroxyl groups excluding tert-OH is 1. The van der Waals surface area contributed by atoms with Crippen LogP contribution in [0, 0.1) is 0 Å². The van der Waals surface area contributed by atoms with Gasteiger partial charge in [-0.2, -0.15) is 0 Å². The Morgan fingerprint density at radius 1 is 1.32 bits per heavy atom. The largest absolute Gasteiger partial charge is 0.395 e. The van der Waals surface area contributed by atoms with Crippen molar-refractivity contribution in [3.63, 3.8) is 0 Å². The molecule has 0 radical (unpaired) electrons. The molecule has 2 aromatic heterocycles. The maximum Gasteiger partial charge on any atom is 0.195 e. The second-order valence-corrected chi connectivity index (χ2v) is 6.61. The van der Waals surface area contributed by atoms with Crippen LogP contribution < -0.4 is 10.2 Å². The number of hydrogen-bond acceptors (Lipinski definition) is 6. The van der Waals surface area contributed by atoms with E-state index in [1.807, 2.05) is 29.8 Å². The molecule has 0 amide bonds. The molecule has 0 fully saturated rings. The summed E-state index contributed by atoms with van der Waals surface area (Å²) < 4.78 is 7.22. The molecule has 25 heavy (non-hydrogen) atoms. The van der Waals surface area contributed by atoms with E-state index in [1.54, 1.807) is 18.4 Å². The number of thiazole rings is 1. The maximum absolute atomic E-state index is 9.53. The Morgan fingerprint density at radius 2 is 2.16 bits per heavy atom. The van der Waals surface area contributed by atoms with Crippen molar-refractivity contribution in [1.82, 2.24) is 14.7 Å². The number of aliphatic hydroxyl groups is 1. The van der Waals surface area contributed by atoms with Gasteiger partial charge in [0.1, 0.15) is 0 Å². The Kier molecular flexibility index (Phi) is 6.41. The molecule has 0 unspecified atom stereocenters. The monoisotopic (exact) mass is 360 g/mol. The summed E-state index contributed by atoms with van der Waals surface area (Å²) in [5, 5.41) is 15.0. The number of ether oxygens (including phenoxy) is 1. The van der Waals surface area contributed by atoms with Gasteiger partial charge in [0.05, 0.1) is 18.9 Å². The van der Waals surface area contributed by atoms with Crippen molar-refractivity contribution >= 4 is 22.1 Å². The molecule has 0 saturated carbocycles. The highest BCUT2D eigenvalue weighted by Crippen LogP contribution is 2.26. The van der Waals surface area contributed by atoms with Crippen LogP contribution in [0.2, 0.25) is 0 Å². The number of imidazole rings is 1. The molecule has 0 aliphatic carbocycles. The zero-order chi connectivity index (χ0) is 17.5. The fourth-order valence-corrected chi connectivity index (χ4v) is 3.53. The van der Waals surface area contributed by atoms with E-state index in [1.165, 1.54) is 5.56 Å². The van der Waals surface area contributed by atoms with E-state index in [0.29, 0.717) is 19.7 Å². The molecular weight excluding hydrogens is 336 g/mol. The summed E-state index contributed by atoms with van der Waals surface area (Å²) in [6, 6.07) is 10.3. The third-order valence-electron chi connectivity index (χ3n) is 4.00. The molecule has 0 bridgehead atoms. The van der Waals surface area contributed by atoms with Crippen molar-refractivity contribution in [3.05, 3.63) is 53.2 Å². The van der Waals surface area contributed by atoms with Gasteiger partial charge in [-0.25, -0.2) is 4.98 Å². The summed E-state index contributed by atoms with van der Waals surface area (Å²) >= 11 is 1.62. The predicted octanol–water partition coefficient (Wildman–Crippen LogP) is 2.13. The number of methoxy groups -OCH3 is 1. The Bertz CT molecular complexity index is 772. The zero-order valence-electron chi connectivity index (χ0n) is 14.4. The lowest BCUT2D eigenvalue weighted by Crippen LogP contribution is -2.29. The van der Waals surface area contributed by atoms with Crippen LogP contribution in [0.5, 0.6) is 0 Å². The van der Waals surface area contributed by atoms with Gasteiger partial charge in [-0.15, -0.1) is 11.3 Å². The molecule has 2 heterocycles. The summed E-state index contributed by atoms with van der Waals surface area (Å²) in [6.07, 6.45) is 2.05. The van der Waals surface area contributed by atoms with Gasteiger partial charge in [0.25, 0.3) is 0 Å². The van der Waals surface area contributed by atoms with Crippen molar-refractivity contribution in [2.45, 2.75) is 13.1 Å². The standard InChI is InChI=1S/C18H24N4O2S/c1-24-11-7-19-13-16-17(20-18-22(16)9-12-25-18)21(8-10-23)14-15-5-3-2-4-6-15/h2-6,9,12,19,23H,7-8,10-11,13-14H2,1H3. The van der Waals surface area contributed by atoms with Crippen LogP contribution >= 0.6 is 11.3 Å². The van der Waals surface area contributed by atoms with Gasteiger partial charge >= 0.3 is 0 Å². The first-order chi connectivity index (χ1) is 12.3. The number of benzene rings is 1. The van der Waals surface area contributed by atoms with E-state index >= 15 is 0 Å². The predicted molar refractivity (Wildman–Crippen MR) is 101 cm³/mol. The SMILES string of the molecule is COCCNCc1c(N(CCO)Cc2ccccc2)nc2sccn12. The normalized spacial score (nSPS) is 11.3. The lowest BCUT2D eigenvalue weighted by atomic mass is 10.2. The van der Waals surface area contributed by atoms with E-state index in [9.17, 15) is 5.11 Å². The van der Waals surface area contributed by atoms with Gasteiger partial charge in [-0.3, -0.25) is 4.40 Å². The first kappa shape index (κ1) is 17.9. The third-order valence-corrected chi connectivity index (χ3v) is 4.76. The second kappa shape index (κ2) is 8.96. The molecule has 0 atom stereocenters. The smallest absolute Gasteiger partial charge is 0.195 e. The lowest BCUT2D eigenvalue weighted by molar-refractivity contribution is 0.199. The second-order valence-electron chi connectivity index (χ2n) is 5.74. The molecule has 7 heteroatoms. The highest BCUT2D eigenvalue weighted by Gasteiger charge is 2.19. The van der Waals surface area contributed by atoms with E-state index in [2.05, 4.69) is 26.8 Å². The molecule has 1 aromatic carbocycles. The zero-order valence-corrected chi connectivity index (χ0v) is 15.2. The number of hydrogen-bond donors (Lipinski definition) is 2. The minimum atomic E-state index is 0.0918. The van der Waals surface area contributed by atoms with Crippen molar-refractivity contribution in [2.75, 3.05) is 38.3 Å². The molecular formula is C18H24N4O2S. The third kappa shape index (κ3) is 4.38. The average Bonchev–Trinajstić information content (AvgIpc) is 3.21. The molecule has 0 spiro atoms. The minimum absolute atomic E-state index is 0.0918. The van der Waals surface area contributed by atoms with E-state index in [-0.39, 0.29) is 6.61 Å². The van der Waals surface area contributed by atoms with Crippen molar-refractivity contribution < 1.29 is 9.84 Å². The molecule has 3 aromatic rings. The summed E-state index contributed by atoms with van der Waals surface area (Å²) in [7, 11) is 1.70. The quantitative estimate of drug-likeness (QED) is 0.543. The van der Waals surface area contributed by atoms with Crippen LogP contribution in [-0.2, 0) is 17.8 Å². The number of aromatic nitrogens is 2. The molecule has 3 rings (SSSR count). The highest BCUT2D eigenvalue weighted by molar-refractivity contribution is 7.15. The maximum atomic E-state index is 9.53. The van der Waals surface area contributed by atoms with Crippen molar-refractivity contribution in [1.29, 1.82) is 0 Å². The molecule has 134 valence electrons. The summed E-state index contributed by atoms with van der Waals surface area (Å²) in [6.45, 7) is 3.52. The van der Waals surface area contributed by atoms with Gasteiger partial charge in [0.2, 0.25) is 0 Å². The van der Waals surface area contributed by atoms with Crippen LogP contribution in [0.3, 0.4) is 0 Å². The van der Waals surface area contributed by atoms with E-state index < -0.39 is 0 Å². The fraction of sp³-hybridized carbons (Fsp3) is 0.389. The average molecular weight is 360 g/mol. The Labute approximate surface area is 151 Å². The van der Waals surface area contributed by atoms with Crippen LogP contribution in [0.4, 0.5) is 5.82 Å². The highest BCUT2D eigenvalue weighted by atomic mass is 32.1. The Balaban J connectivity index is 1.86. The fourth-order valence-electron chi connectivity index (χ4n) is 2.80. The van der Waals surface area contributed by atoms with Gasteiger partial charge in [-0.05, 0) is 5.56 Å². The van der Waals surface area contributed by atoms with Crippen molar-refractivity contribution in [3.8, 4) is 0 Å². The summed E-state index contributed by atoms with van der Waals surface area (Å²) in [4.78, 5) is 7.92.